The van der Waals surface area contributed by atoms with Crippen LogP contribution in [-0.2, 0) is 28.6 Å². The maximum absolute atomic E-state index is 13.2. The number of benzene rings is 2. The van der Waals surface area contributed by atoms with Gasteiger partial charge in [-0.15, -0.1) is 11.3 Å². The molecule has 1 fully saturated rings. The zero-order chi connectivity index (χ0) is 30.5. The van der Waals surface area contributed by atoms with Crippen molar-refractivity contribution in [1.29, 1.82) is 0 Å². The number of amides is 1. The number of para-hydroxylation sites is 1. The van der Waals surface area contributed by atoms with Gasteiger partial charge in [0.2, 0.25) is 6.79 Å². The first-order valence-electron chi connectivity index (χ1n) is 13.1. The number of aromatic nitrogens is 1. The molecule has 228 valence electrons. The van der Waals surface area contributed by atoms with Crippen LogP contribution in [0.25, 0.3) is 10.2 Å². The first-order valence-corrected chi connectivity index (χ1v) is 17.0. The molecule has 2 aromatic carbocycles. The van der Waals surface area contributed by atoms with E-state index in [9.17, 15) is 22.6 Å². The topological polar surface area (TPSA) is 182 Å². The number of rotatable bonds is 11. The van der Waals surface area contributed by atoms with Gasteiger partial charge in [0.15, 0.2) is 0 Å². The Morgan fingerprint density at radius 2 is 1.83 bits per heavy atom. The maximum Gasteiger partial charge on any atom is 0.510 e. The van der Waals surface area contributed by atoms with E-state index in [0.29, 0.717) is 41.9 Å². The third-order valence-electron chi connectivity index (χ3n) is 6.83. The molecule has 3 N–H and O–H groups in total. The Morgan fingerprint density at radius 3 is 2.48 bits per heavy atom. The van der Waals surface area contributed by atoms with Gasteiger partial charge in [0.25, 0.3) is 15.9 Å². The molecule has 1 amide bonds. The van der Waals surface area contributed by atoms with Gasteiger partial charge in [0.05, 0.1) is 10.2 Å². The molecule has 0 saturated carbocycles. The minimum absolute atomic E-state index is 0.0658. The van der Waals surface area contributed by atoms with Crippen molar-refractivity contribution >= 4 is 57.1 Å². The molecular formula is C26H32N3O10PS2. The molecule has 1 aliphatic rings. The van der Waals surface area contributed by atoms with Gasteiger partial charge in [-0.3, -0.25) is 9.52 Å². The van der Waals surface area contributed by atoms with Crippen LogP contribution in [0.5, 0.6) is 0 Å². The van der Waals surface area contributed by atoms with Crippen LogP contribution in [0.1, 0.15) is 49.9 Å². The summed E-state index contributed by atoms with van der Waals surface area (Å²) in [7, 11) is -8.71. The lowest BCUT2D eigenvalue weighted by molar-refractivity contribution is -0.0852. The number of phosphoric ester groups is 1. The molecule has 0 bridgehead atoms. The number of carbonyl (C=O) groups excluding carboxylic acids is 2. The van der Waals surface area contributed by atoms with E-state index in [1.807, 2.05) is 13.8 Å². The Morgan fingerprint density at radius 1 is 1.14 bits per heavy atom. The van der Waals surface area contributed by atoms with E-state index in [2.05, 4.69) is 19.0 Å². The van der Waals surface area contributed by atoms with Crippen molar-refractivity contribution in [3.63, 3.8) is 0 Å². The molecule has 1 aromatic heterocycles. The summed E-state index contributed by atoms with van der Waals surface area (Å²) in [6.07, 6.45) is 0.815. The van der Waals surface area contributed by atoms with Crippen molar-refractivity contribution < 1.29 is 46.4 Å². The lowest BCUT2D eigenvalue weighted by Gasteiger charge is -2.41. The van der Waals surface area contributed by atoms with Crippen LogP contribution in [0.4, 0.5) is 10.5 Å². The van der Waals surface area contributed by atoms with Crippen molar-refractivity contribution in [3.05, 3.63) is 53.5 Å². The number of phosphoric acid groups is 1. The van der Waals surface area contributed by atoms with E-state index in [4.69, 9.17) is 14.5 Å². The second-order valence-electron chi connectivity index (χ2n) is 10.3. The standard InChI is InChI=1S/C26H32N3O10PS2/c1-18(2)10-11-26(39-25(31)37-17-38-40(32,33)34)12-14-29(15-13-26)24(30)19-6-8-20(9-7-19)28-42(35,36)22-5-3-4-21-23(22)27-16-41-21/h3-9,16,18,28H,10-15,17H2,1-2H3,(H2,32,33,34). The Hall–Kier alpha value is -3.07. The Kier molecular flexibility index (Phi) is 9.91. The number of fused-ring (bicyclic) bond motifs is 1. The number of anilines is 1. The smallest absolute Gasteiger partial charge is 0.427 e. The summed E-state index contributed by atoms with van der Waals surface area (Å²) in [4.78, 5) is 48.8. The molecule has 1 aliphatic heterocycles. The highest BCUT2D eigenvalue weighted by Crippen LogP contribution is 2.36. The normalized spacial score (nSPS) is 15.5. The highest BCUT2D eigenvalue weighted by atomic mass is 32.2. The Bertz CT molecular complexity index is 1560. The van der Waals surface area contributed by atoms with Crippen LogP contribution in [0.2, 0.25) is 0 Å². The van der Waals surface area contributed by atoms with Gasteiger partial charge in [0.1, 0.15) is 16.0 Å². The number of nitrogens with one attached hydrogen (secondary N) is 1. The highest BCUT2D eigenvalue weighted by Gasteiger charge is 2.40. The van der Waals surface area contributed by atoms with Crippen molar-refractivity contribution in [1.82, 2.24) is 9.88 Å². The summed E-state index contributed by atoms with van der Waals surface area (Å²) in [6.45, 7) is 3.68. The van der Waals surface area contributed by atoms with Crippen molar-refractivity contribution in [2.45, 2.75) is 50.0 Å². The number of hydrogen-bond donors (Lipinski definition) is 3. The van der Waals surface area contributed by atoms with E-state index in [1.165, 1.54) is 29.5 Å². The van der Waals surface area contributed by atoms with E-state index in [1.54, 1.807) is 34.7 Å². The average Bonchev–Trinajstić information content (AvgIpc) is 3.41. The fourth-order valence-corrected chi connectivity index (χ4v) is 6.76. The van der Waals surface area contributed by atoms with Crippen LogP contribution in [0, 0.1) is 5.92 Å². The molecule has 4 rings (SSSR count). The molecule has 0 unspecified atom stereocenters. The molecule has 16 heteroatoms. The third-order valence-corrected chi connectivity index (χ3v) is 9.48. The largest absolute Gasteiger partial charge is 0.510 e. The average molecular weight is 642 g/mol. The minimum Gasteiger partial charge on any atom is -0.427 e. The molecule has 1 saturated heterocycles. The zero-order valence-corrected chi connectivity index (χ0v) is 25.5. The number of likely N-dealkylation sites (tertiary alicyclic amines) is 1. The van der Waals surface area contributed by atoms with Crippen molar-refractivity contribution in [2.75, 3.05) is 24.6 Å². The van der Waals surface area contributed by atoms with Crippen LogP contribution in [0.15, 0.2) is 52.9 Å². The van der Waals surface area contributed by atoms with Crippen molar-refractivity contribution in [3.8, 4) is 0 Å². The van der Waals surface area contributed by atoms with E-state index in [0.717, 1.165) is 11.1 Å². The second-order valence-corrected chi connectivity index (χ2v) is 14.1. The van der Waals surface area contributed by atoms with Gasteiger partial charge in [-0.25, -0.2) is 27.3 Å². The highest BCUT2D eigenvalue weighted by molar-refractivity contribution is 7.93. The van der Waals surface area contributed by atoms with Crippen LogP contribution in [-0.4, -0.2) is 65.6 Å². The van der Waals surface area contributed by atoms with Gasteiger partial charge in [-0.05, 0) is 55.2 Å². The Balaban J connectivity index is 1.37. The van der Waals surface area contributed by atoms with Crippen LogP contribution < -0.4 is 4.72 Å². The fourth-order valence-electron chi connectivity index (χ4n) is 4.57. The van der Waals surface area contributed by atoms with E-state index >= 15 is 0 Å². The summed E-state index contributed by atoms with van der Waals surface area (Å²) < 4.78 is 54.5. The quantitative estimate of drug-likeness (QED) is 0.150. The number of sulfonamides is 1. The van der Waals surface area contributed by atoms with Gasteiger partial charge < -0.3 is 24.2 Å². The molecule has 0 spiro atoms. The molecule has 0 atom stereocenters. The predicted molar refractivity (Wildman–Crippen MR) is 154 cm³/mol. The van der Waals surface area contributed by atoms with Gasteiger partial charge in [-0.2, -0.15) is 0 Å². The summed E-state index contributed by atoms with van der Waals surface area (Å²) >= 11 is 1.35. The van der Waals surface area contributed by atoms with E-state index in [-0.39, 0.29) is 23.9 Å². The minimum atomic E-state index is -4.80. The Labute approximate surface area is 247 Å². The molecule has 42 heavy (non-hydrogen) atoms. The summed E-state index contributed by atoms with van der Waals surface area (Å²) in [5.74, 6) is 0.0660. The molecule has 3 aromatic rings. The third kappa shape index (κ3) is 8.27. The lowest BCUT2D eigenvalue weighted by atomic mass is 9.84. The monoisotopic (exact) mass is 641 g/mol. The number of nitrogens with zero attached hydrogens (tertiary/aromatic N) is 2. The molecular weight excluding hydrogens is 609 g/mol. The lowest BCUT2D eigenvalue weighted by Crippen LogP contribution is -2.49. The summed E-state index contributed by atoms with van der Waals surface area (Å²) in [6, 6.07) is 11.0. The summed E-state index contributed by atoms with van der Waals surface area (Å²) in [5.41, 5.74) is 1.72. The molecule has 0 aliphatic carbocycles. The molecule has 2 heterocycles. The number of hydrogen-bond acceptors (Lipinski definition) is 10. The van der Waals surface area contributed by atoms with Crippen LogP contribution in [0.3, 0.4) is 0 Å². The predicted octanol–water partition coefficient (Wildman–Crippen LogP) is 4.73. The first kappa shape index (κ1) is 31.9. The molecule has 0 radical (unpaired) electrons. The SMILES string of the molecule is CC(C)CCC1(OC(=O)OCOP(=O)(O)O)CCN(C(=O)c2ccc(NS(=O)(=O)c3cccc4scnc34)cc2)CC1. The second kappa shape index (κ2) is 13.1. The maximum atomic E-state index is 13.2. The van der Waals surface area contributed by atoms with Crippen molar-refractivity contribution in [2.24, 2.45) is 5.92 Å². The van der Waals surface area contributed by atoms with Gasteiger partial charge in [-0.1, -0.05) is 19.9 Å². The van der Waals surface area contributed by atoms with Crippen LogP contribution >= 0.6 is 19.2 Å². The zero-order valence-electron chi connectivity index (χ0n) is 23.0. The number of thiazole rings is 1. The van der Waals surface area contributed by atoms with Gasteiger partial charge in [0, 0.05) is 37.2 Å². The summed E-state index contributed by atoms with van der Waals surface area (Å²) in [5, 5.41) is 0. The number of piperidine rings is 1. The molecule has 13 nitrogen and oxygen atoms in total. The van der Waals surface area contributed by atoms with E-state index < -0.39 is 36.4 Å². The first-order chi connectivity index (χ1) is 19.8. The fraction of sp³-hybridized carbons (Fsp3) is 0.423. The number of ether oxygens (including phenoxy) is 2. The van der Waals surface area contributed by atoms with Gasteiger partial charge >= 0.3 is 14.0 Å². The number of carbonyl (C=O) groups is 2.